The number of aliphatic hydroxyl groups is 6. The topological polar surface area (TPSA) is 223 Å². The molecule has 2 fully saturated rings. The smallest absolute Gasteiger partial charge is 0.229 e. The maximum Gasteiger partial charge on any atom is 0.229 e. The molecule has 0 radical (unpaired) electrons. The van der Waals surface area contributed by atoms with Crippen molar-refractivity contribution >= 4 is 5.78 Å². The van der Waals surface area contributed by atoms with E-state index in [0.717, 1.165) is 0 Å². The van der Waals surface area contributed by atoms with E-state index in [0.29, 0.717) is 5.56 Å². The summed E-state index contributed by atoms with van der Waals surface area (Å²) < 4.78 is 39.0. The summed E-state index contributed by atoms with van der Waals surface area (Å²) in [4.78, 5) is 13.1. The van der Waals surface area contributed by atoms with Crippen LogP contribution in [0.25, 0.3) is 0 Å². The van der Waals surface area contributed by atoms with Gasteiger partial charge in [-0.3, -0.25) is 4.79 Å². The number of carbonyl (C=O) groups is 1. The van der Waals surface area contributed by atoms with Gasteiger partial charge in [0, 0.05) is 12.1 Å². The van der Waals surface area contributed by atoms with Crippen molar-refractivity contribution in [3.63, 3.8) is 0 Å². The Morgan fingerprint density at radius 1 is 0.818 bits per heavy atom. The quantitative estimate of drug-likeness (QED) is 0.190. The lowest BCUT2D eigenvalue weighted by molar-refractivity contribution is -0.318. The lowest BCUT2D eigenvalue weighted by Gasteiger charge is -2.42. The highest BCUT2D eigenvalue weighted by Crippen LogP contribution is 2.44. The number of methoxy groups -OCH3 is 2. The number of phenols is 1. The largest absolute Gasteiger partial charge is 0.504 e. The van der Waals surface area contributed by atoms with Crippen LogP contribution in [0.3, 0.4) is 0 Å². The van der Waals surface area contributed by atoms with Crippen molar-refractivity contribution in [2.24, 2.45) is 0 Å². The minimum atomic E-state index is -1.74. The zero-order valence-corrected chi connectivity index (χ0v) is 24.0. The van der Waals surface area contributed by atoms with Crippen LogP contribution in [0.5, 0.6) is 28.7 Å². The second-order valence-corrected chi connectivity index (χ2v) is 10.8. The molecule has 3 heterocycles. The zero-order valence-electron chi connectivity index (χ0n) is 24.0. The number of benzene rings is 2. The van der Waals surface area contributed by atoms with Gasteiger partial charge in [0.05, 0.1) is 33.4 Å². The average molecular weight is 625 g/mol. The van der Waals surface area contributed by atoms with Gasteiger partial charge < -0.3 is 68.9 Å². The highest BCUT2D eigenvalue weighted by atomic mass is 16.7. The molecule has 44 heavy (non-hydrogen) atoms. The van der Waals surface area contributed by atoms with Crippen LogP contribution < -0.4 is 18.9 Å². The first-order valence-electron chi connectivity index (χ1n) is 13.9. The first-order valence-corrected chi connectivity index (χ1v) is 13.9. The van der Waals surface area contributed by atoms with E-state index in [-0.39, 0.29) is 46.5 Å². The van der Waals surface area contributed by atoms with Crippen molar-refractivity contribution in [3.05, 3.63) is 41.5 Å². The van der Waals surface area contributed by atoms with Gasteiger partial charge in [-0.1, -0.05) is 6.07 Å². The van der Waals surface area contributed by atoms with Gasteiger partial charge in [0.1, 0.15) is 71.6 Å². The van der Waals surface area contributed by atoms with Gasteiger partial charge in [-0.05, 0) is 24.6 Å². The molecular weight excluding hydrogens is 588 g/mol. The molecule has 0 saturated carbocycles. The van der Waals surface area contributed by atoms with Gasteiger partial charge in [0.2, 0.25) is 6.29 Å². The average Bonchev–Trinajstić information content (AvgIpc) is 3.01. The molecule has 15 nitrogen and oxygen atoms in total. The maximum atomic E-state index is 13.1. The molecule has 2 saturated heterocycles. The second kappa shape index (κ2) is 13.0. The van der Waals surface area contributed by atoms with Crippen molar-refractivity contribution in [3.8, 4) is 28.7 Å². The number of ether oxygens (including phenoxy) is 7. The van der Waals surface area contributed by atoms with E-state index >= 15 is 0 Å². The second-order valence-electron chi connectivity index (χ2n) is 10.8. The molecule has 15 heteroatoms. The van der Waals surface area contributed by atoms with Crippen molar-refractivity contribution in [1.82, 2.24) is 0 Å². The fraction of sp³-hybridized carbons (Fsp3) is 0.552. The predicted molar refractivity (Wildman–Crippen MR) is 146 cm³/mol. The SMILES string of the molecule is COc1ccc([C@H]2CC(=O)c3c(OC)cc(O[C@H]4O[C@@H](CO[C@H]5O[C@H](C)[C@@H](O)[C@H](O)[C@@H]5O)[C@H](O)[C@@H](O)[C@@H]4O)cc3O2)cc1O. The molecule has 5 rings (SSSR count). The van der Waals surface area contributed by atoms with Gasteiger partial charge in [-0.25, -0.2) is 0 Å². The Bertz CT molecular complexity index is 1340. The summed E-state index contributed by atoms with van der Waals surface area (Å²) in [6.07, 6.45) is -15.5. The molecule has 0 aliphatic carbocycles. The first-order chi connectivity index (χ1) is 20.9. The number of phenolic OH excluding ortho intramolecular Hbond substituents is 1. The van der Waals surface area contributed by atoms with Crippen LogP contribution in [0.2, 0.25) is 0 Å². The number of fused-ring (bicyclic) bond motifs is 1. The Morgan fingerprint density at radius 3 is 2.18 bits per heavy atom. The molecule has 0 unspecified atom stereocenters. The molecule has 2 aromatic rings. The van der Waals surface area contributed by atoms with Crippen molar-refractivity contribution in [2.75, 3.05) is 20.8 Å². The van der Waals surface area contributed by atoms with Crippen LogP contribution in [0.4, 0.5) is 0 Å². The summed E-state index contributed by atoms with van der Waals surface area (Å²) in [5, 5.41) is 72.0. The third kappa shape index (κ3) is 6.15. The fourth-order valence-corrected chi connectivity index (χ4v) is 5.35. The Morgan fingerprint density at radius 2 is 1.50 bits per heavy atom. The summed E-state index contributed by atoms with van der Waals surface area (Å²) in [5.74, 6) is 0.0679. The third-order valence-corrected chi connectivity index (χ3v) is 7.91. The number of aromatic hydroxyl groups is 1. The van der Waals surface area contributed by atoms with Crippen molar-refractivity contribution in [1.29, 1.82) is 0 Å². The summed E-state index contributed by atoms with van der Waals surface area (Å²) >= 11 is 0. The number of ketones is 1. The Kier molecular flexibility index (Phi) is 9.50. The summed E-state index contributed by atoms with van der Waals surface area (Å²) in [5.41, 5.74) is 0.676. The number of rotatable bonds is 8. The van der Waals surface area contributed by atoms with Gasteiger partial charge >= 0.3 is 0 Å². The fourth-order valence-electron chi connectivity index (χ4n) is 5.35. The van der Waals surface area contributed by atoms with Crippen LogP contribution in [0.15, 0.2) is 30.3 Å². The Hall–Kier alpha value is -3.25. The van der Waals surface area contributed by atoms with E-state index in [1.807, 2.05) is 0 Å². The molecule has 0 bridgehead atoms. The van der Waals surface area contributed by atoms with Crippen LogP contribution in [0.1, 0.15) is 35.4 Å². The first kappa shape index (κ1) is 32.2. The van der Waals surface area contributed by atoms with E-state index in [1.54, 1.807) is 12.1 Å². The summed E-state index contributed by atoms with van der Waals surface area (Å²) in [6.45, 7) is 1.00. The molecule has 11 atom stereocenters. The predicted octanol–water partition coefficient (Wildman–Crippen LogP) is -0.854. The van der Waals surface area contributed by atoms with Crippen LogP contribution in [-0.4, -0.2) is 124 Å². The minimum absolute atomic E-state index is 0.0240. The van der Waals surface area contributed by atoms with E-state index in [4.69, 9.17) is 33.2 Å². The van der Waals surface area contributed by atoms with Gasteiger partial charge in [0.15, 0.2) is 23.6 Å². The molecule has 3 aliphatic heterocycles. The number of Topliss-reactive ketones (excluding diaryl/α,β-unsaturated/α-hetero) is 1. The number of hydrogen-bond acceptors (Lipinski definition) is 15. The normalized spacial score (nSPS) is 35.4. The third-order valence-electron chi connectivity index (χ3n) is 7.91. The maximum absolute atomic E-state index is 13.1. The molecule has 2 aromatic carbocycles. The summed E-state index contributed by atoms with van der Waals surface area (Å²) in [6, 6.07) is 7.38. The molecule has 0 aromatic heterocycles. The number of carbonyl (C=O) groups excluding carboxylic acids is 1. The molecule has 7 N–H and O–H groups in total. The molecular formula is C29H36O15. The van der Waals surface area contributed by atoms with Crippen LogP contribution >= 0.6 is 0 Å². The number of aliphatic hydroxyl groups excluding tert-OH is 6. The van der Waals surface area contributed by atoms with Crippen LogP contribution in [0, 0.1) is 0 Å². The van der Waals surface area contributed by atoms with E-state index in [9.17, 15) is 40.5 Å². The minimum Gasteiger partial charge on any atom is -0.504 e. The van der Waals surface area contributed by atoms with E-state index < -0.39 is 74.1 Å². The Labute approximate surface area is 251 Å². The van der Waals surface area contributed by atoms with E-state index in [2.05, 4.69) is 0 Å². The van der Waals surface area contributed by atoms with Crippen molar-refractivity contribution < 1.29 is 73.7 Å². The molecule has 242 valence electrons. The van der Waals surface area contributed by atoms with Crippen molar-refractivity contribution in [2.45, 2.75) is 80.9 Å². The molecule has 0 amide bonds. The standard InChI is InChI=1S/C29H36O15/c1-11-22(32)24(34)26(36)28(41-11)40-10-20-23(33)25(35)27(37)29(44-20)42-13-7-18(39-3)21-15(31)9-17(43-19(21)8-13)12-4-5-16(38-2)14(30)6-12/h4-8,11,17,20,22-30,32-37H,9-10H2,1-3H3/t11-,17-,20+,22-,23+,24+,25-,26+,27+,28+,29+/m1/s1. The van der Waals surface area contributed by atoms with Gasteiger partial charge in [-0.2, -0.15) is 0 Å². The Balaban J connectivity index is 1.33. The lowest BCUT2D eigenvalue weighted by atomic mass is 9.95. The van der Waals surface area contributed by atoms with Gasteiger partial charge in [0.25, 0.3) is 0 Å². The molecule has 0 spiro atoms. The van der Waals surface area contributed by atoms with E-state index in [1.165, 1.54) is 39.3 Å². The number of hydrogen-bond donors (Lipinski definition) is 7. The highest BCUT2D eigenvalue weighted by Gasteiger charge is 2.47. The summed E-state index contributed by atoms with van der Waals surface area (Å²) in [7, 11) is 2.76. The van der Waals surface area contributed by atoms with Gasteiger partial charge in [-0.15, -0.1) is 0 Å². The van der Waals surface area contributed by atoms with Crippen LogP contribution in [-0.2, 0) is 14.2 Å². The monoisotopic (exact) mass is 624 g/mol. The zero-order chi connectivity index (χ0) is 31.9. The highest BCUT2D eigenvalue weighted by molar-refractivity contribution is 6.02. The lowest BCUT2D eigenvalue weighted by Crippen LogP contribution is -2.61. The molecule has 3 aliphatic rings.